The Hall–Kier alpha value is -5.78. The van der Waals surface area contributed by atoms with Crippen LogP contribution in [-0.2, 0) is 74.3 Å². The van der Waals surface area contributed by atoms with Crippen LogP contribution in [0.15, 0.2) is 59.4 Å². The van der Waals surface area contributed by atoms with Crippen molar-refractivity contribution in [2.45, 2.75) is 113 Å². The molecule has 0 saturated heterocycles. The average molecular weight is 1060 g/mol. The zero-order chi connectivity index (χ0) is 56.4. The number of ether oxygens (including phenoxy) is 4. The maximum absolute atomic E-state index is 14.0. The van der Waals surface area contributed by atoms with Crippen LogP contribution in [-0.4, -0.2) is 131 Å². The lowest BCUT2D eigenvalue weighted by Crippen LogP contribution is -2.37. The van der Waals surface area contributed by atoms with Gasteiger partial charge in [-0.2, -0.15) is 4.31 Å². The van der Waals surface area contributed by atoms with Gasteiger partial charge in [-0.25, -0.2) is 18.2 Å². The number of aliphatic hydroxyl groups is 1. The molecule has 0 saturated carbocycles. The number of methoxy groups -OCH3 is 1. The van der Waals surface area contributed by atoms with Crippen molar-refractivity contribution in [1.29, 1.82) is 0 Å². The van der Waals surface area contributed by atoms with E-state index in [1.807, 2.05) is 52.0 Å². The number of unbranched alkanes of at least 4 members (excludes halogenated alkanes) is 1. The molecule has 20 nitrogen and oxygen atoms in total. The van der Waals surface area contributed by atoms with E-state index < -0.39 is 27.8 Å². The molecule has 2 aromatic heterocycles. The predicted molar refractivity (Wildman–Crippen MR) is 290 cm³/mol. The second kappa shape index (κ2) is 37.0. The summed E-state index contributed by atoms with van der Waals surface area (Å²) in [5, 5.41) is 14.7. The Labute approximate surface area is 437 Å². The molecule has 1 atom stereocenters. The Morgan fingerprint density at radius 2 is 1.61 bits per heavy atom. The molecule has 0 spiro atoms. The van der Waals surface area contributed by atoms with Gasteiger partial charge in [0.1, 0.15) is 32.4 Å². The van der Waals surface area contributed by atoms with E-state index in [4.69, 9.17) is 30.0 Å². The third-order valence-corrected chi connectivity index (χ3v) is 11.8. The fourth-order valence-electron chi connectivity index (χ4n) is 6.98. The number of rotatable bonds is 22. The minimum absolute atomic E-state index is 0.0126. The molecule has 1 amide bonds. The molecule has 7 N–H and O–H groups in total. The van der Waals surface area contributed by atoms with Crippen LogP contribution in [0.5, 0.6) is 0 Å². The summed E-state index contributed by atoms with van der Waals surface area (Å²) in [7, 11) is 1.09. The first-order valence-electron chi connectivity index (χ1n) is 24.5. The van der Waals surface area contributed by atoms with Crippen LogP contribution in [0.3, 0.4) is 0 Å². The Balaban J connectivity index is 0.00000194. The van der Waals surface area contributed by atoms with Gasteiger partial charge in [-0.05, 0) is 94.6 Å². The van der Waals surface area contributed by atoms with Crippen molar-refractivity contribution in [3.8, 4) is 11.4 Å². The predicted octanol–water partition coefficient (Wildman–Crippen LogP) is 5.70. The molecule has 74 heavy (non-hydrogen) atoms. The molecule has 21 heteroatoms. The lowest BCUT2D eigenvalue weighted by atomic mass is 9.93. The van der Waals surface area contributed by atoms with Gasteiger partial charge in [0.05, 0.1) is 48.4 Å². The number of aldehydes is 3. The van der Waals surface area contributed by atoms with E-state index in [-0.39, 0.29) is 69.1 Å². The molecule has 0 aliphatic carbocycles. The number of benzene rings is 2. The van der Waals surface area contributed by atoms with Gasteiger partial charge in [-0.15, -0.1) is 0 Å². The molecular formula is C53H83N7O13S. The summed E-state index contributed by atoms with van der Waals surface area (Å²) in [5.74, 6) is -0.209. The Kier molecular flexibility index (Phi) is 34.1. The number of nitrogens with one attached hydrogen (secondary N) is 2. The molecule has 4 aromatic rings. The maximum Gasteiger partial charge on any atom is 0.509 e. The van der Waals surface area contributed by atoms with Crippen LogP contribution in [0.1, 0.15) is 109 Å². The molecule has 3 heterocycles. The van der Waals surface area contributed by atoms with Crippen LogP contribution in [0.2, 0.25) is 0 Å². The largest absolute Gasteiger partial charge is 0.509 e. The quantitative estimate of drug-likeness (QED) is 0.0316. The SMILES string of the molecule is CC.CC(C)(C)CCO.CCCCN.CN.CNCC(=O)Nc1ccc(COC(=O)OC(C=O)c2cc3n(c(=O)c2COC)Cc2c-3nc3ccccc3c2CCN(C(C)C)S(C)(=O)=O)cc1.O=CCOCC=O. The topological polar surface area (TPSA) is 291 Å². The first-order chi connectivity index (χ1) is 35.2. The van der Waals surface area contributed by atoms with Crippen molar-refractivity contribution in [3.05, 3.63) is 92.8 Å². The summed E-state index contributed by atoms with van der Waals surface area (Å²) in [6, 6.07) is 15.5. The number of likely N-dealkylation sites (N-methyl/N-ethyl adjacent to an activating group) is 1. The first-order valence-corrected chi connectivity index (χ1v) is 26.4. The molecule has 2 aromatic carbocycles. The lowest BCUT2D eigenvalue weighted by Gasteiger charge is -2.24. The van der Waals surface area contributed by atoms with Gasteiger partial charge in [-0.3, -0.25) is 14.4 Å². The van der Waals surface area contributed by atoms with Crippen molar-refractivity contribution in [3.63, 3.8) is 0 Å². The summed E-state index contributed by atoms with van der Waals surface area (Å²) in [6.45, 7) is 17.5. The summed E-state index contributed by atoms with van der Waals surface area (Å²) < 4.78 is 48.5. The minimum Gasteiger partial charge on any atom is -0.429 e. The number of nitrogens with zero attached hydrogens (tertiary/aromatic N) is 3. The van der Waals surface area contributed by atoms with E-state index in [1.54, 1.807) is 41.9 Å². The van der Waals surface area contributed by atoms with Crippen LogP contribution < -0.4 is 27.7 Å². The zero-order valence-electron chi connectivity index (χ0n) is 45.5. The number of amides is 1. The molecule has 5 rings (SSSR count). The molecule has 1 unspecified atom stereocenters. The van der Waals surface area contributed by atoms with Crippen LogP contribution in [0, 0.1) is 5.41 Å². The van der Waals surface area contributed by atoms with Gasteiger partial charge in [0.2, 0.25) is 15.9 Å². The monoisotopic (exact) mass is 1060 g/mol. The molecule has 0 fully saturated rings. The molecule has 0 bridgehead atoms. The highest BCUT2D eigenvalue weighted by Crippen LogP contribution is 2.37. The number of anilines is 1. The van der Waals surface area contributed by atoms with Gasteiger partial charge in [0, 0.05) is 48.5 Å². The smallest absolute Gasteiger partial charge is 0.429 e. The third kappa shape index (κ3) is 23.6. The highest BCUT2D eigenvalue weighted by atomic mass is 32.2. The number of hydrogen-bond donors (Lipinski definition) is 5. The van der Waals surface area contributed by atoms with Gasteiger partial charge < -0.3 is 60.3 Å². The summed E-state index contributed by atoms with van der Waals surface area (Å²) in [5.41, 5.74) is 14.2. The Morgan fingerprint density at radius 3 is 2.08 bits per heavy atom. The van der Waals surface area contributed by atoms with E-state index in [9.17, 15) is 37.2 Å². The number of carbonyl (C=O) groups excluding carboxylic acids is 5. The van der Waals surface area contributed by atoms with Crippen LogP contribution in [0.25, 0.3) is 22.3 Å². The van der Waals surface area contributed by atoms with E-state index in [0.717, 1.165) is 29.5 Å². The molecule has 1 aliphatic rings. The van der Waals surface area contributed by atoms with Gasteiger partial charge in [-0.1, -0.05) is 78.3 Å². The normalized spacial score (nSPS) is 11.5. The summed E-state index contributed by atoms with van der Waals surface area (Å²) in [4.78, 5) is 74.8. The number of aromatic nitrogens is 2. The highest BCUT2D eigenvalue weighted by molar-refractivity contribution is 7.88. The second-order valence-corrected chi connectivity index (χ2v) is 19.4. The summed E-state index contributed by atoms with van der Waals surface area (Å²) >= 11 is 0. The maximum atomic E-state index is 14.0. The molecule has 414 valence electrons. The highest BCUT2D eigenvalue weighted by Gasteiger charge is 2.32. The number of hydrogen-bond acceptors (Lipinski definition) is 17. The molecule has 1 aliphatic heterocycles. The summed E-state index contributed by atoms with van der Waals surface area (Å²) in [6.07, 6.45) is 3.83. The van der Waals surface area contributed by atoms with Crippen molar-refractivity contribution < 1.29 is 56.4 Å². The Bertz CT molecular complexity index is 2470. The van der Waals surface area contributed by atoms with E-state index in [1.165, 1.54) is 37.6 Å². The number of fused-ring (bicyclic) bond motifs is 4. The number of nitrogens with two attached hydrogens (primary N) is 2. The average Bonchev–Trinajstić information content (AvgIpc) is 3.73. The number of pyridine rings is 2. The van der Waals surface area contributed by atoms with Crippen molar-refractivity contribution >= 4 is 57.5 Å². The van der Waals surface area contributed by atoms with Crippen LogP contribution >= 0.6 is 0 Å². The second-order valence-electron chi connectivity index (χ2n) is 17.5. The van der Waals surface area contributed by atoms with Gasteiger partial charge >= 0.3 is 6.16 Å². The number of sulfonamides is 1. The standard InChI is InChI=1S/C36H41N5O9S.C6H14O.C4H11N.C4H6O3.C2H6.CH5N/c1-22(2)41(51(5,46)47)15-14-25-26-8-6-7-9-30(26)39-34-28(25)18-40-31(34)16-27(29(21-48-4)35(40)44)32(19-42)50-36(45)49-20-23-10-12-24(13-11-23)38-33(43)17-37-3;1-6(2,3)4-5-7;1-2-3-4-5;5-1-3-7-4-2-6;2*1-2/h6-13,16,19,22,32,37H,14-15,17-18,20-21H2,1-5H3,(H,38,43);7H,4-5H2,1-3H3;2-5H2,1H3;1-2H,3-4H2;1-2H3;2H2,1H3. The molecular weight excluding hydrogens is 975 g/mol. The molecule has 0 radical (unpaired) electrons. The minimum atomic E-state index is -3.48. The van der Waals surface area contributed by atoms with E-state index in [0.29, 0.717) is 65.5 Å². The lowest BCUT2D eigenvalue weighted by molar-refractivity contribution is -0.117. The van der Waals surface area contributed by atoms with Crippen molar-refractivity contribution in [2.75, 3.05) is 72.2 Å². The van der Waals surface area contributed by atoms with Crippen molar-refractivity contribution in [1.82, 2.24) is 19.2 Å². The third-order valence-electron chi connectivity index (χ3n) is 10.4. The van der Waals surface area contributed by atoms with Gasteiger partial charge in [0.15, 0.2) is 12.4 Å². The zero-order valence-corrected chi connectivity index (χ0v) is 46.3. The van der Waals surface area contributed by atoms with Crippen LogP contribution in [0.4, 0.5) is 10.5 Å². The van der Waals surface area contributed by atoms with E-state index >= 15 is 0 Å². The first kappa shape index (κ1) is 68.2. The number of aliphatic hydroxyl groups excluding tert-OH is 1. The fourth-order valence-corrected chi connectivity index (χ4v) is 8.17. The fraction of sp³-hybridized carbons (Fsp3) is 0.528. The van der Waals surface area contributed by atoms with Gasteiger partial charge in [0.25, 0.3) is 5.56 Å². The number of carbonyl (C=O) groups is 5. The Morgan fingerprint density at radius 1 is 0.986 bits per heavy atom. The van der Waals surface area contributed by atoms with E-state index in [2.05, 4.69) is 48.8 Å². The number of para-hydroxylation sites is 1. The van der Waals surface area contributed by atoms with Crippen molar-refractivity contribution in [2.24, 2.45) is 16.9 Å².